The van der Waals surface area contributed by atoms with Crippen LogP contribution in [0.25, 0.3) is 16.6 Å². The topological polar surface area (TPSA) is 133 Å². The number of nitrogens with zero attached hydrogens (tertiary/aromatic N) is 2. The number of fused-ring (bicyclic) bond motifs is 1. The number of sulfonamides is 1. The van der Waals surface area contributed by atoms with Gasteiger partial charge in [0.2, 0.25) is 0 Å². The van der Waals surface area contributed by atoms with Crippen molar-refractivity contribution >= 4 is 61.4 Å². The van der Waals surface area contributed by atoms with Gasteiger partial charge in [-0.05, 0) is 47.8 Å². The zero-order valence-electron chi connectivity index (χ0n) is 17.2. The Morgan fingerprint density at radius 1 is 1.18 bits per heavy atom. The molecular weight excluding hydrogens is 509 g/mol. The molecule has 34 heavy (non-hydrogen) atoms. The van der Waals surface area contributed by atoms with E-state index in [1.807, 2.05) is 4.72 Å². The fourth-order valence-corrected chi connectivity index (χ4v) is 5.27. The second-order valence-corrected chi connectivity index (χ2v) is 10.0. The van der Waals surface area contributed by atoms with Crippen molar-refractivity contribution in [2.45, 2.75) is 4.21 Å². The maximum absolute atomic E-state index is 14.2. The number of hydrogen-bond acceptors (Lipinski definition) is 7. The molecule has 4 aromatic rings. The summed E-state index contributed by atoms with van der Waals surface area (Å²) in [6.07, 6.45) is 0. The molecule has 0 atom stereocenters. The van der Waals surface area contributed by atoms with Crippen molar-refractivity contribution in [3.05, 3.63) is 80.6 Å². The van der Waals surface area contributed by atoms with Crippen LogP contribution in [-0.2, 0) is 10.0 Å². The molecule has 2 heterocycles. The van der Waals surface area contributed by atoms with E-state index in [0.717, 1.165) is 22.0 Å². The van der Waals surface area contributed by atoms with Gasteiger partial charge in [0.1, 0.15) is 10.0 Å². The van der Waals surface area contributed by atoms with E-state index in [9.17, 15) is 27.2 Å². The Balaban J connectivity index is 1.64. The number of rotatable bonds is 5. The number of benzene rings is 2. The van der Waals surface area contributed by atoms with Crippen molar-refractivity contribution in [3.63, 3.8) is 0 Å². The van der Waals surface area contributed by atoms with E-state index in [-0.39, 0.29) is 32.2 Å². The summed E-state index contributed by atoms with van der Waals surface area (Å²) < 4.78 is 41.7. The summed E-state index contributed by atoms with van der Waals surface area (Å²) in [5.41, 5.74) is -1.06. The van der Waals surface area contributed by atoms with Crippen LogP contribution >= 0.6 is 23.1 Å². The number of urea groups is 1. The molecule has 0 unspecified atom stereocenters. The summed E-state index contributed by atoms with van der Waals surface area (Å²) >= 11 is 6.91. The van der Waals surface area contributed by atoms with Crippen molar-refractivity contribution in [2.75, 3.05) is 16.8 Å². The quantitative estimate of drug-likeness (QED) is 0.344. The molecule has 2 aromatic heterocycles. The van der Waals surface area contributed by atoms with Gasteiger partial charge in [-0.2, -0.15) is 0 Å². The van der Waals surface area contributed by atoms with Crippen LogP contribution in [0.4, 0.5) is 20.6 Å². The molecule has 4 rings (SSSR count). The van der Waals surface area contributed by atoms with Gasteiger partial charge in [-0.15, -0.1) is 11.3 Å². The van der Waals surface area contributed by atoms with Gasteiger partial charge in [0.25, 0.3) is 15.6 Å². The summed E-state index contributed by atoms with van der Waals surface area (Å²) in [7, 11) is -2.59. The summed E-state index contributed by atoms with van der Waals surface area (Å²) in [4.78, 5) is 40.3. The highest BCUT2D eigenvalue weighted by Gasteiger charge is 2.23. The van der Waals surface area contributed by atoms with Crippen molar-refractivity contribution in [2.24, 2.45) is 0 Å². The zero-order valence-corrected chi connectivity index (χ0v) is 19.6. The monoisotopic (exact) mass is 523 g/mol. The third kappa shape index (κ3) is 4.27. The van der Waals surface area contributed by atoms with Crippen LogP contribution in [0.3, 0.4) is 0 Å². The van der Waals surface area contributed by atoms with Gasteiger partial charge < -0.3 is 10.3 Å². The molecule has 0 fully saturated rings. The Morgan fingerprint density at radius 3 is 2.50 bits per heavy atom. The van der Waals surface area contributed by atoms with Gasteiger partial charge >= 0.3 is 11.7 Å². The van der Waals surface area contributed by atoms with E-state index in [4.69, 9.17) is 11.8 Å². The van der Waals surface area contributed by atoms with Crippen LogP contribution in [0, 0.1) is 5.82 Å². The van der Waals surface area contributed by atoms with Crippen molar-refractivity contribution in [3.8, 4) is 5.69 Å². The highest BCUT2D eigenvalue weighted by atomic mass is 35.5. The first-order valence-corrected chi connectivity index (χ1v) is 12.2. The molecular formula is C20H15ClFN5O5S2. The summed E-state index contributed by atoms with van der Waals surface area (Å²) in [6, 6.07) is 9.32. The summed E-state index contributed by atoms with van der Waals surface area (Å²) in [5.74, 6) is -0.664. The molecule has 3 N–H and O–H groups in total. The van der Waals surface area contributed by atoms with Crippen LogP contribution in [0.1, 0.15) is 0 Å². The maximum Gasteiger partial charge on any atom is 0.350 e. The normalized spacial score (nSPS) is 11.4. The molecule has 2 aromatic carbocycles. The number of halogens is 2. The average molecular weight is 524 g/mol. The molecule has 0 spiro atoms. The highest BCUT2D eigenvalue weighted by molar-refractivity contribution is 7.92. The molecule has 0 aliphatic carbocycles. The number of thiophene rings is 1. The lowest BCUT2D eigenvalue weighted by molar-refractivity contribution is 0.254. The van der Waals surface area contributed by atoms with Crippen LogP contribution < -0.4 is 25.7 Å². The lowest BCUT2D eigenvalue weighted by atomic mass is 10.2. The number of carbonyl (C=O) groups excluding carboxylic acids is 1. The summed E-state index contributed by atoms with van der Waals surface area (Å²) in [5, 5.41) is 4.13. The average Bonchev–Trinajstić information content (AvgIpc) is 3.35. The molecule has 176 valence electrons. The van der Waals surface area contributed by atoms with Gasteiger partial charge in [0.05, 0.1) is 28.0 Å². The van der Waals surface area contributed by atoms with Gasteiger partial charge in [0, 0.05) is 18.8 Å². The third-order valence-electron chi connectivity index (χ3n) is 4.75. The number of amides is 2. The molecule has 0 aliphatic heterocycles. The Hall–Kier alpha value is -3.68. The Bertz CT molecular complexity index is 1620. The minimum atomic E-state index is -4.09. The smallest absolute Gasteiger partial charge is 0.350 e. The molecule has 0 saturated carbocycles. The first-order chi connectivity index (χ1) is 16.1. The minimum Gasteiger partial charge on any atom is -0.386 e. The number of aromatic nitrogens is 2. The first kappa shape index (κ1) is 23.5. The Kier molecular flexibility index (Phi) is 6.17. The first-order valence-electron chi connectivity index (χ1n) is 9.45. The second kappa shape index (κ2) is 8.93. The maximum atomic E-state index is 14.2. The van der Waals surface area contributed by atoms with Gasteiger partial charge in [-0.1, -0.05) is 6.07 Å². The van der Waals surface area contributed by atoms with Gasteiger partial charge in [-0.3, -0.25) is 4.79 Å². The van der Waals surface area contributed by atoms with Gasteiger partial charge in [0.15, 0.2) is 0 Å². The molecule has 0 aliphatic rings. The van der Waals surface area contributed by atoms with E-state index < -0.39 is 33.1 Å². The van der Waals surface area contributed by atoms with Crippen LogP contribution in [0.15, 0.2) is 67.7 Å². The lowest BCUT2D eigenvalue weighted by Crippen LogP contribution is -2.38. The second-order valence-electron chi connectivity index (χ2n) is 6.84. The molecule has 10 nitrogen and oxygen atoms in total. The largest absolute Gasteiger partial charge is 0.386 e. The number of carbonyl (C=O) groups is 1. The number of nitrogens with one attached hydrogen (secondary N) is 3. The van der Waals surface area contributed by atoms with E-state index in [2.05, 4.69) is 10.3 Å². The number of hydrogen-bond donors (Lipinski definition) is 3. The molecule has 0 radical (unpaired) electrons. The Labute approximate surface area is 200 Å². The van der Waals surface area contributed by atoms with E-state index in [0.29, 0.717) is 4.42 Å². The summed E-state index contributed by atoms with van der Waals surface area (Å²) in [6.45, 7) is 0. The van der Waals surface area contributed by atoms with Crippen LogP contribution in [-0.4, -0.2) is 31.0 Å². The highest BCUT2D eigenvalue weighted by Crippen LogP contribution is 2.22. The number of anilines is 2. The van der Waals surface area contributed by atoms with Crippen molar-refractivity contribution in [1.29, 1.82) is 0 Å². The zero-order chi connectivity index (χ0) is 24.6. The Morgan fingerprint density at radius 2 is 1.88 bits per heavy atom. The number of aromatic amines is 1. The van der Waals surface area contributed by atoms with Crippen molar-refractivity contribution < 1.29 is 17.6 Å². The SMILES string of the molecule is CNc1cc2[nH]c(=O)n(-c3ccc(N(Cl)C(=O)NS(=O)(=O)c4cccs4)cc3)c(=O)c2cc1F. The van der Waals surface area contributed by atoms with Crippen LogP contribution in [0.2, 0.25) is 0 Å². The lowest BCUT2D eigenvalue weighted by Gasteiger charge is -2.15. The van der Waals surface area contributed by atoms with Crippen LogP contribution in [0.5, 0.6) is 0 Å². The molecule has 0 saturated heterocycles. The molecule has 2 amide bonds. The minimum absolute atomic E-state index is 0.0442. The number of H-pyrrole nitrogens is 1. The molecule has 14 heteroatoms. The fraction of sp³-hybridized carbons (Fsp3) is 0.0500. The van der Waals surface area contributed by atoms with E-state index in [1.165, 1.54) is 49.5 Å². The standard InChI is InChI=1S/C20H15ClFN5O5S2/c1-23-16-10-15-13(9-14(16)22)18(28)26(19(29)24-15)11-4-6-12(7-5-11)27(21)20(30)25-34(31,32)17-3-2-8-33-17/h2-10,23H,1H3,(H,24,29)(H,25,30). The third-order valence-corrected chi connectivity index (χ3v) is 7.82. The van der Waals surface area contributed by atoms with E-state index in [1.54, 1.807) is 5.38 Å². The molecule has 0 bridgehead atoms. The van der Waals surface area contributed by atoms with Crippen molar-refractivity contribution in [1.82, 2.24) is 14.3 Å². The van der Waals surface area contributed by atoms with E-state index >= 15 is 0 Å². The predicted molar refractivity (Wildman–Crippen MR) is 128 cm³/mol. The fourth-order valence-electron chi connectivity index (χ4n) is 3.14. The van der Waals surface area contributed by atoms with Gasteiger partial charge in [-0.25, -0.2) is 36.1 Å². The predicted octanol–water partition coefficient (Wildman–Crippen LogP) is 2.98.